The molecule has 0 radical (unpaired) electrons. The molecule has 0 aliphatic heterocycles. The fraction of sp³-hybridized carbons (Fsp3) is 0.208. The molecule has 0 saturated carbocycles. The monoisotopic (exact) mass is 432 g/mol. The summed E-state index contributed by atoms with van der Waals surface area (Å²) >= 11 is 0. The van der Waals surface area contributed by atoms with Gasteiger partial charge in [-0.05, 0) is 42.8 Å². The van der Waals surface area contributed by atoms with Gasteiger partial charge in [0.1, 0.15) is 12.2 Å². The molecule has 1 amide bonds. The molecule has 0 saturated heterocycles. The number of carbonyl (C=O) groups is 1. The Hall–Kier alpha value is -4.07. The van der Waals surface area contributed by atoms with Crippen molar-refractivity contribution in [2.45, 2.75) is 20.0 Å². The van der Waals surface area contributed by atoms with Crippen molar-refractivity contribution in [1.82, 2.24) is 20.0 Å². The maximum atomic E-state index is 12.5. The van der Waals surface area contributed by atoms with Crippen molar-refractivity contribution in [2.75, 3.05) is 14.2 Å². The van der Waals surface area contributed by atoms with Crippen LogP contribution in [0.25, 0.3) is 23.0 Å². The van der Waals surface area contributed by atoms with Crippen molar-refractivity contribution >= 4 is 5.91 Å². The molecule has 2 aromatic carbocycles. The van der Waals surface area contributed by atoms with Gasteiger partial charge in [0.25, 0.3) is 5.89 Å². The summed E-state index contributed by atoms with van der Waals surface area (Å²) < 4.78 is 17.9. The highest BCUT2D eigenvalue weighted by molar-refractivity contribution is 5.76. The Labute approximate surface area is 185 Å². The molecule has 4 rings (SSSR count). The van der Waals surface area contributed by atoms with Crippen LogP contribution in [-0.4, -0.2) is 34.8 Å². The molecule has 2 heterocycles. The quantitative estimate of drug-likeness (QED) is 0.455. The molecule has 164 valence electrons. The second kappa shape index (κ2) is 9.38. The second-order valence-corrected chi connectivity index (χ2v) is 7.28. The van der Waals surface area contributed by atoms with E-state index < -0.39 is 0 Å². The van der Waals surface area contributed by atoms with Crippen LogP contribution in [0.4, 0.5) is 0 Å². The zero-order valence-corrected chi connectivity index (χ0v) is 18.2. The van der Waals surface area contributed by atoms with Crippen molar-refractivity contribution in [3.05, 3.63) is 71.9 Å². The van der Waals surface area contributed by atoms with E-state index in [0.717, 1.165) is 11.1 Å². The third-order valence-electron chi connectivity index (χ3n) is 5.04. The number of methoxy groups -OCH3 is 2. The number of rotatable bonds is 8. The molecule has 32 heavy (non-hydrogen) atoms. The van der Waals surface area contributed by atoms with Crippen LogP contribution in [0.2, 0.25) is 0 Å². The van der Waals surface area contributed by atoms with Gasteiger partial charge in [-0.1, -0.05) is 35.0 Å². The molecule has 2 aromatic heterocycles. The van der Waals surface area contributed by atoms with Crippen LogP contribution in [0.15, 0.2) is 65.3 Å². The smallest absolute Gasteiger partial charge is 0.274 e. The van der Waals surface area contributed by atoms with Gasteiger partial charge in [0, 0.05) is 18.3 Å². The van der Waals surface area contributed by atoms with Gasteiger partial charge in [-0.25, -0.2) is 0 Å². The van der Waals surface area contributed by atoms with Gasteiger partial charge in [0.15, 0.2) is 11.5 Å². The first-order valence-electron chi connectivity index (χ1n) is 10.1. The fourth-order valence-electron chi connectivity index (χ4n) is 3.28. The zero-order chi connectivity index (χ0) is 22.5. The van der Waals surface area contributed by atoms with Gasteiger partial charge in [-0.15, -0.1) is 0 Å². The van der Waals surface area contributed by atoms with Gasteiger partial charge >= 0.3 is 0 Å². The highest BCUT2D eigenvalue weighted by Gasteiger charge is 2.16. The Balaban J connectivity index is 1.46. The first-order valence-corrected chi connectivity index (χ1v) is 10.1. The molecular weight excluding hydrogens is 408 g/mol. The van der Waals surface area contributed by atoms with Gasteiger partial charge in [0.2, 0.25) is 11.7 Å². The Morgan fingerprint density at radius 2 is 1.84 bits per heavy atom. The number of carbonyl (C=O) groups excluding carboxylic acids is 1. The summed E-state index contributed by atoms with van der Waals surface area (Å²) in [5.41, 5.74) is 3.62. The van der Waals surface area contributed by atoms with Gasteiger partial charge in [-0.2, -0.15) is 4.98 Å². The highest BCUT2D eigenvalue weighted by atomic mass is 16.5. The molecule has 0 unspecified atom stereocenters. The summed E-state index contributed by atoms with van der Waals surface area (Å²) in [4.78, 5) is 17.0. The first kappa shape index (κ1) is 21.2. The molecule has 8 heteroatoms. The lowest BCUT2D eigenvalue weighted by Crippen LogP contribution is -2.27. The average molecular weight is 432 g/mol. The number of nitrogens with one attached hydrogen (secondary N) is 1. The van der Waals surface area contributed by atoms with E-state index >= 15 is 0 Å². The number of nitrogens with zero attached hydrogens (tertiary/aromatic N) is 3. The average Bonchev–Trinajstić information content (AvgIpc) is 3.47. The van der Waals surface area contributed by atoms with E-state index in [1.807, 2.05) is 49.4 Å². The lowest BCUT2D eigenvalue weighted by atomic mass is 10.1. The molecular formula is C24H24N4O4. The lowest BCUT2D eigenvalue weighted by Gasteiger charge is -2.08. The minimum atomic E-state index is -0.109. The number of aromatic nitrogens is 3. The number of hydrogen-bond donors (Lipinski definition) is 1. The fourth-order valence-corrected chi connectivity index (χ4v) is 3.28. The topological polar surface area (TPSA) is 91.4 Å². The van der Waals surface area contributed by atoms with Crippen molar-refractivity contribution in [2.24, 2.45) is 0 Å². The molecule has 0 bridgehead atoms. The van der Waals surface area contributed by atoms with E-state index in [0.29, 0.717) is 35.5 Å². The number of amides is 1. The Morgan fingerprint density at radius 3 is 2.59 bits per heavy atom. The lowest BCUT2D eigenvalue weighted by molar-refractivity contribution is -0.121. The summed E-state index contributed by atoms with van der Waals surface area (Å²) in [6, 6.07) is 17.1. The van der Waals surface area contributed by atoms with Gasteiger partial charge < -0.3 is 23.9 Å². The normalized spacial score (nSPS) is 10.7. The van der Waals surface area contributed by atoms with Crippen molar-refractivity contribution < 1.29 is 18.8 Å². The van der Waals surface area contributed by atoms with E-state index in [4.69, 9.17) is 14.0 Å². The van der Waals surface area contributed by atoms with Crippen LogP contribution in [0.1, 0.15) is 11.1 Å². The summed E-state index contributed by atoms with van der Waals surface area (Å²) in [7, 11) is 3.15. The van der Waals surface area contributed by atoms with Crippen LogP contribution in [0.5, 0.6) is 11.5 Å². The summed E-state index contributed by atoms with van der Waals surface area (Å²) in [6.45, 7) is 2.64. The van der Waals surface area contributed by atoms with E-state index in [1.54, 1.807) is 37.1 Å². The van der Waals surface area contributed by atoms with E-state index in [9.17, 15) is 4.79 Å². The predicted octanol–water partition coefficient (Wildman–Crippen LogP) is 3.85. The molecule has 0 atom stereocenters. The summed E-state index contributed by atoms with van der Waals surface area (Å²) in [6.07, 6.45) is 1.81. The van der Waals surface area contributed by atoms with E-state index in [1.165, 1.54) is 5.56 Å². The molecule has 0 fully saturated rings. The molecule has 4 aromatic rings. The molecule has 0 aliphatic rings. The van der Waals surface area contributed by atoms with E-state index in [2.05, 4.69) is 15.5 Å². The maximum absolute atomic E-state index is 12.5. The molecule has 0 spiro atoms. The number of ether oxygens (including phenoxy) is 2. The first-order chi connectivity index (χ1) is 15.6. The van der Waals surface area contributed by atoms with Gasteiger partial charge in [0.05, 0.1) is 14.2 Å². The van der Waals surface area contributed by atoms with Crippen LogP contribution < -0.4 is 14.8 Å². The second-order valence-electron chi connectivity index (χ2n) is 7.28. The van der Waals surface area contributed by atoms with Crippen LogP contribution in [0.3, 0.4) is 0 Å². The minimum absolute atomic E-state index is 0.109. The molecule has 8 nitrogen and oxygen atoms in total. The Kier molecular flexibility index (Phi) is 6.21. The van der Waals surface area contributed by atoms with Crippen molar-refractivity contribution in [1.29, 1.82) is 0 Å². The molecule has 0 aliphatic carbocycles. The number of benzene rings is 2. The van der Waals surface area contributed by atoms with Crippen LogP contribution in [-0.2, 0) is 17.9 Å². The summed E-state index contributed by atoms with van der Waals surface area (Å²) in [5, 5.41) is 7.02. The molecule has 1 N–H and O–H groups in total. The van der Waals surface area contributed by atoms with Crippen LogP contribution in [0, 0.1) is 6.92 Å². The largest absolute Gasteiger partial charge is 0.493 e. The van der Waals surface area contributed by atoms with E-state index in [-0.39, 0.29) is 12.5 Å². The van der Waals surface area contributed by atoms with Crippen molar-refractivity contribution in [3.63, 3.8) is 0 Å². The number of aryl methyl sites for hydroxylation is 1. The highest BCUT2D eigenvalue weighted by Crippen LogP contribution is 2.32. The zero-order valence-electron chi connectivity index (χ0n) is 18.2. The predicted molar refractivity (Wildman–Crippen MR) is 119 cm³/mol. The third-order valence-corrected chi connectivity index (χ3v) is 5.04. The number of hydrogen-bond acceptors (Lipinski definition) is 6. The maximum Gasteiger partial charge on any atom is 0.274 e. The standard InChI is InChI=1S/C24H24N4O4/c1-16-6-8-17(9-7-16)14-25-22(29)15-28-12-4-5-19(28)24-26-23(27-32-24)18-10-11-20(30-2)21(13-18)31-3/h4-13H,14-15H2,1-3H3,(H,25,29). The Bertz CT molecular complexity index is 1210. The van der Waals surface area contributed by atoms with Crippen molar-refractivity contribution in [3.8, 4) is 34.5 Å². The third kappa shape index (κ3) is 4.64. The van der Waals surface area contributed by atoms with Gasteiger partial charge in [-0.3, -0.25) is 4.79 Å². The van der Waals surface area contributed by atoms with Crippen LogP contribution >= 0.6 is 0 Å². The summed E-state index contributed by atoms with van der Waals surface area (Å²) in [5.74, 6) is 1.82. The Morgan fingerprint density at radius 1 is 1.06 bits per heavy atom. The minimum Gasteiger partial charge on any atom is -0.493 e. The SMILES string of the molecule is COc1ccc(-c2noc(-c3cccn3CC(=O)NCc3ccc(C)cc3)n2)cc1OC.